The Morgan fingerprint density at radius 1 is 1.13 bits per heavy atom. The predicted octanol–water partition coefficient (Wildman–Crippen LogP) is 5.09. The smallest absolute Gasteiger partial charge is 0.338 e. The van der Waals surface area contributed by atoms with E-state index in [-0.39, 0.29) is 30.1 Å². The van der Waals surface area contributed by atoms with E-state index in [1.54, 1.807) is 32.9 Å². The number of H-pyrrole nitrogens is 1. The molecule has 0 saturated carbocycles. The minimum atomic E-state index is -0.646. The summed E-state index contributed by atoms with van der Waals surface area (Å²) in [6.45, 7) is 11.1. The van der Waals surface area contributed by atoms with E-state index in [2.05, 4.69) is 20.8 Å². The summed E-state index contributed by atoms with van der Waals surface area (Å²) in [5.74, 6) is 2.30. The molecule has 0 amide bonds. The average Bonchev–Trinajstić information content (AvgIpc) is 3.25. The highest BCUT2D eigenvalue weighted by Gasteiger charge is 2.30. The molecule has 0 spiro atoms. The van der Waals surface area contributed by atoms with E-state index >= 15 is 0 Å². The summed E-state index contributed by atoms with van der Waals surface area (Å²) in [6.07, 6.45) is 7.36. The SMILES string of the molecule is C#CCN(c1ccc(C(=O)OC(C)(C)C)cc1)[C@H]1CCc2cc3nc(COC(=O)C(C)(C)C)[nH]c(=O)c3cc21. The maximum atomic E-state index is 13.0. The number of rotatable bonds is 6. The maximum absolute atomic E-state index is 13.0. The Labute approximate surface area is 228 Å². The summed E-state index contributed by atoms with van der Waals surface area (Å²) < 4.78 is 10.8. The van der Waals surface area contributed by atoms with Gasteiger partial charge in [0.15, 0.2) is 0 Å². The molecule has 0 radical (unpaired) electrons. The molecule has 0 saturated heterocycles. The third-order valence-electron chi connectivity index (χ3n) is 6.49. The van der Waals surface area contributed by atoms with Crippen LogP contribution in [0, 0.1) is 17.8 Å². The van der Waals surface area contributed by atoms with Crippen molar-refractivity contribution in [1.29, 1.82) is 0 Å². The number of anilines is 1. The van der Waals surface area contributed by atoms with Crippen molar-refractivity contribution in [3.63, 3.8) is 0 Å². The number of carbonyl (C=O) groups is 2. The van der Waals surface area contributed by atoms with E-state index in [0.717, 1.165) is 29.7 Å². The van der Waals surface area contributed by atoms with Crippen molar-refractivity contribution in [1.82, 2.24) is 9.97 Å². The molecular weight excluding hydrogens is 494 g/mol. The first-order valence-corrected chi connectivity index (χ1v) is 13.0. The van der Waals surface area contributed by atoms with Crippen molar-refractivity contribution in [2.75, 3.05) is 11.4 Å². The summed E-state index contributed by atoms with van der Waals surface area (Å²) in [5, 5.41) is 0.465. The number of hydrogen-bond donors (Lipinski definition) is 1. The van der Waals surface area contributed by atoms with Gasteiger partial charge in [-0.25, -0.2) is 9.78 Å². The number of carbonyl (C=O) groups excluding carboxylic acids is 2. The van der Waals surface area contributed by atoms with Crippen LogP contribution in [0.15, 0.2) is 41.2 Å². The van der Waals surface area contributed by atoms with Gasteiger partial charge < -0.3 is 19.4 Å². The van der Waals surface area contributed by atoms with Gasteiger partial charge in [-0.05, 0) is 102 Å². The van der Waals surface area contributed by atoms with Crippen LogP contribution in [0.2, 0.25) is 0 Å². The predicted molar refractivity (Wildman–Crippen MR) is 150 cm³/mol. The van der Waals surface area contributed by atoms with E-state index in [1.807, 2.05) is 45.0 Å². The topological polar surface area (TPSA) is 102 Å². The Morgan fingerprint density at radius 2 is 1.82 bits per heavy atom. The third kappa shape index (κ3) is 6.31. The number of fused-ring (bicyclic) bond motifs is 2. The van der Waals surface area contributed by atoms with Gasteiger partial charge in [0.1, 0.15) is 18.0 Å². The van der Waals surface area contributed by atoms with Crippen molar-refractivity contribution in [3.8, 4) is 12.3 Å². The molecule has 3 aromatic rings. The molecule has 204 valence electrons. The number of ether oxygens (including phenoxy) is 2. The summed E-state index contributed by atoms with van der Waals surface area (Å²) in [5.41, 5.74) is 2.50. The zero-order valence-electron chi connectivity index (χ0n) is 23.4. The minimum absolute atomic E-state index is 0.0420. The summed E-state index contributed by atoms with van der Waals surface area (Å²) in [4.78, 5) is 47.0. The monoisotopic (exact) mass is 529 g/mol. The van der Waals surface area contributed by atoms with Gasteiger partial charge in [-0.3, -0.25) is 9.59 Å². The fourth-order valence-corrected chi connectivity index (χ4v) is 4.62. The molecule has 1 N–H and O–H groups in total. The lowest BCUT2D eigenvalue weighted by Crippen LogP contribution is -2.28. The summed E-state index contributed by atoms with van der Waals surface area (Å²) >= 11 is 0. The Morgan fingerprint density at radius 3 is 2.44 bits per heavy atom. The first kappa shape index (κ1) is 27.9. The molecule has 4 rings (SSSR count). The number of hydrogen-bond acceptors (Lipinski definition) is 7. The van der Waals surface area contributed by atoms with Crippen LogP contribution in [0.5, 0.6) is 0 Å². The van der Waals surface area contributed by atoms with Gasteiger partial charge in [0.2, 0.25) is 0 Å². The van der Waals surface area contributed by atoms with E-state index in [4.69, 9.17) is 15.9 Å². The molecule has 1 aliphatic rings. The Kier molecular flexibility index (Phi) is 7.56. The number of benzene rings is 2. The molecule has 1 aliphatic carbocycles. The molecule has 0 bridgehead atoms. The number of terminal acetylenes is 1. The fourth-order valence-electron chi connectivity index (χ4n) is 4.62. The van der Waals surface area contributed by atoms with Crippen LogP contribution in [0.25, 0.3) is 10.9 Å². The molecule has 8 nitrogen and oxygen atoms in total. The first-order chi connectivity index (χ1) is 18.3. The standard InChI is InChI=1S/C31H35N3O5/c1-8-15-34(21-12-9-19(10-13-21)28(36)39-31(5,6)7)25-14-11-20-16-24-23(17-22(20)25)27(35)33-26(32-24)18-38-29(37)30(2,3)4/h1,9-10,12-13,16-17,25H,11,14-15,18H2,2-7H3,(H,32,33,35)/t25-/m0/s1. The largest absolute Gasteiger partial charge is 0.457 e. The number of nitrogens with zero attached hydrogens (tertiary/aromatic N) is 2. The zero-order chi connectivity index (χ0) is 28.5. The second kappa shape index (κ2) is 10.6. The second-order valence-corrected chi connectivity index (χ2v) is 11.8. The van der Waals surface area contributed by atoms with Crippen LogP contribution >= 0.6 is 0 Å². The molecule has 0 aliphatic heterocycles. The normalized spacial score (nSPS) is 14.9. The number of esters is 2. The number of aromatic nitrogens is 2. The zero-order valence-corrected chi connectivity index (χ0v) is 23.4. The number of aryl methyl sites for hydroxylation is 1. The lowest BCUT2D eigenvalue weighted by atomic mass is 9.97. The molecule has 0 fully saturated rings. The van der Waals surface area contributed by atoms with Gasteiger partial charge in [0.25, 0.3) is 5.56 Å². The van der Waals surface area contributed by atoms with Crippen molar-refractivity contribution in [2.24, 2.45) is 5.41 Å². The van der Waals surface area contributed by atoms with E-state index in [1.165, 1.54) is 0 Å². The lowest BCUT2D eigenvalue weighted by Gasteiger charge is -2.30. The highest BCUT2D eigenvalue weighted by Crippen LogP contribution is 2.39. The van der Waals surface area contributed by atoms with Crippen molar-refractivity contribution >= 4 is 28.5 Å². The first-order valence-electron chi connectivity index (χ1n) is 13.0. The van der Waals surface area contributed by atoms with Crippen LogP contribution in [0.4, 0.5) is 5.69 Å². The summed E-state index contributed by atoms with van der Waals surface area (Å²) in [7, 11) is 0. The highest BCUT2D eigenvalue weighted by molar-refractivity contribution is 5.90. The van der Waals surface area contributed by atoms with Crippen molar-refractivity contribution in [3.05, 3.63) is 69.3 Å². The molecule has 2 aromatic carbocycles. The van der Waals surface area contributed by atoms with E-state index in [0.29, 0.717) is 28.8 Å². The van der Waals surface area contributed by atoms with E-state index in [9.17, 15) is 14.4 Å². The molecule has 1 heterocycles. The molecule has 1 aromatic heterocycles. The quantitative estimate of drug-likeness (QED) is 0.350. The van der Waals surface area contributed by atoms with Crippen molar-refractivity contribution < 1.29 is 19.1 Å². The molecule has 39 heavy (non-hydrogen) atoms. The fraction of sp³-hybridized carbons (Fsp3) is 0.419. The van der Waals surface area contributed by atoms with Gasteiger partial charge in [-0.2, -0.15) is 0 Å². The number of nitrogens with one attached hydrogen (secondary N) is 1. The second-order valence-electron chi connectivity index (χ2n) is 11.8. The Hall–Kier alpha value is -4.12. The van der Waals surface area contributed by atoms with E-state index < -0.39 is 11.0 Å². The molecule has 8 heteroatoms. The van der Waals surface area contributed by atoms with Gasteiger partial charge in [-0.15, -0.1) is 6.42 Å². The van der Waals surface area contributed by atoms with Crippen LogP contribution in [-0.2, 0) is 27.3 Å². The van der Waals surface area contributed by atoms with Gasteiger partial charge >= 0.3 is 11.9 Å². The molecule has 0 unspecified atom stereocenters. The number of aromatic amines is 1. The van der Waals surface area contributed by atoms with Crippen LogP contribution in [-0.4, -0.2) is 34.1 Å². The van der Waals surface area contributed by atoms with Crippen LogP contribution in [0.3, 0.4) is 0 Å². The Balaban J connectivity index is 1.61. The molecular formula is C31H35N3O5. The van der Waals surface area contributed by atoms with Crippen LogP contribution < -0.4 is 10.5 Å². The van der Waals surface area contributed by atoms with Gasteiger partial charge in [0, 0.05) is 5.69 Å². The Bertz CT molecular complexity index is 1500. The van der Waals surface area contributed by atoms with Crippen molar-refractivity contribution in [2.45, 2.75) is 72.6 Å². The summed E-state index contributed by atoms with van der Waals surface area (Å²) in [6, 6.07) is 11.0. The maximum Gasteiger partial charge on any atom is 0.338 e. The third-order valence-corrected chi connectivity index (χ3v) is 6.49. The molecule has 1 atom stereocenters. The highest BCUT2D eigenvalue weighted by atomic mass is 16.6. The van der Waals surface area contributed by atoms with Gasteiger partial charge in [0.05, 0.1) is 34.5 Å². The lowest BCUT2D eigenvalue weighted by molar-refractivity contribution is -0.154. The minimum Gasteiger partial charge on any atom is -0.457 e. The van der Waals surface area contributed by atoms with Gasteiger partial charge in [-0.1, -0.05) is 5.92 Å². The average molecular weight is 530 g/mol. The van der Waals surface area contributed by atoms with Crippen LogP contribution in [0.1, 0.15) is 81.3 Å².